The zero-order valence-electron chi connectivity index (χ0n) is 19.0. The molecule has 4 aliphatic rings. The van der Waals surface area contributed by atoms with Gasteiger partial charge in [0.05, 0.1) is 18.5 Å². The first-order valence-electron chi connectivity index (χ1n) is 12.5. The smallest absolute Gasteiger partial charge is 0.168 e. The highest BCUT2D eigenvalue weighted by Crippen LogP contribution is 2.65. The number of fused-ring (bicyclic) bond motifs is 9. The molecule has 7 rings (SSSR count). The number of aryl methyl sites for hydroxylation is 1. The van der Waals surface area contributed by atoms with Gasteiger partial charge in [0, 0.05) is 31.0 Å². The second-order valence-electron chi connectivity index (χ2n) is 10.4. The maximum Gasteiger partial charge on any atom is 0.168 e. The molecule has 3 unspecified atom stereocenters. The van der Waals surface area contributed by atoms with Gasteiger partial charge in [0.15, 0.2) is 7.56 Å². The van der Waals surface area contributed by atoms with Gasteiger partial charge in [0.1, 0.15) is 0 Å². The molecule has 2 nitrogen and oxygen atoms in total. The molecule has 0 amide bonds. The minimum absolute atomic E-state index is 0.675. The first-order valence-corrected chi connectivity index (χ1v) is 14.8. The highest BCUT2D eigenvalue weighted by atomic mass is 31.2. The summed E-state index contributed by atoms with van der Waals surface area (Å²) < 4.78 is 2.87. The van der Waals surface area contributed by atoms with Crippen molar-refractivity contribution < 1.29 is 0 Å². The number of nitrogens with one attached hydrogen (secondary N) is 1. The van der Waals surface area contributed by atoms with E-state index in [2.05, 4.69) is 77.1 Å². The van der Waals surface area contributed by atoms with Gasteiger partial charge in [0.2, 0.25) is 0 Å². The van der Waals surface area contributed by atoms with E-state index in [1.54, 1.807) is 16.8 Å². The Morgan fingerprint density at radius 1 is 0.875 bits per heavy atom. The molecule has 1 N–H and O–H groups in total. The monoisotopic (exact) mass is 439 g/mol. The molecule has 0 bridgehead atoms. The molecule has 32 heavy (non-hydrogen) atoms. The molecule has 162 valence electrons. The predicted octanol–water partition coefficient (Wildman–Crippen LogP) is 6.83. The van der Waals surface area contributed by atoms with E-state index in [1.165, 1.54) is 78.8 Å². The normalized spacial score (nSPS) is 29.2. The fourth-order valence-corrected chi connectivity index (χ4v) is 9.82. The largest absolute Gasteiger partial charge is 0.248 e. The Hall–Kier alpha value is -2.15. The van der Waals surface area contributed by atoms with Crippen LogP contribution in [0, 0.1) is 5.92 Å². The lowest BCUT2D eigenvalue weighted by molar-refractivity contribution is 0.360. The molecule has 2 aliphatic heterocycles. The van der Waals surface area contributed by atoms with Gasteiger partial charge in [-0.1, -0.05) is 67.1 Å². The van der Waals surface area contributed by atoms with Crippen LogP contribution in [0.2, 0.25) is 0 Å². The van der Waals surface area contributed by atoms with Crippen LogP contribution in [-0.4, -0.2) is 30.6 Å². The summed E-state index contributed by atoms with van der Waals surface area (Å²) in [6.45, 7) is 5.14. The van der Waals surface area contributed by atoms with E-state index in [0.717, 1.165) is 0 Å². The van der Waals surface area contributed by atoms with Crippen LogP contribution >= 0.6 is 7.56 Å². The van der Waals surface area contributed by atoms with Gasteiger partial charge in [-0.05, 0) is 58.2 Å². The Bertz CT molecular complexity index is 1260. The van der Waals surface area contributed by atoms with Gasteiger partial charge in [0.25, 0.3) is 0 Å². The lowest BCUT2D eigenvalue weighted by Gasteiger charge is -2.40. The number of nitrogens with zero attached hydrogens (tertiary/aromatic N) is 1. The van der Waals surface area contributed by atoms with Crippen LogP contribution in [-0.2, 0) is 6.42 Å². The van der Waals surface area contributed by atoms with E-state index in [9.17, 15) is 0 Å². The van der Waals surface area contributed by atoms with Crippen LogP contribution in [0.5, 0.6) is 0 Å². The zero-order chi connectivity index (χ0) is 21.3. The van der Waals surface area contributed by atoms with E-state index in [0.29, 0.717) is 11.8 Å². The van der Waals surface area contributed by atoms with Crippen molar-refractivity contribution in [1.82, 2.24) is 9.76 Å². The fraction of sp³-hybridized carbons (Fsp3) is 0.379. The Morgan fingerprint density at radius 2 is 1.69 bits per heavy atom. The molecule has 1 saturated heterocycles. The van der Waals surface area contributed by atoms with Crippen molar-refractivity contribution in [2.75, 3.05) is 25.9 Å². The second kappa shape index (κ2) is 7.17. The molecule has 0 radical (unpaired) electrons. The average molecular weight is 440 g/mol. The summed E-state index contributed by atoms with van der Waals surface area (Å²) >= 11 is 0. The number of rotatable bonds is 1. The Morgan fingerprint density at radius 3 is 2.59 bits per heavy atom. The third kappa shape index (κ3) is 2.86. The van der Waals surface area contributed by atoms with Gasteiger partial charge < -0.3 is 0 Å². The summed E-state index contributed by atoms with van der Waals surface area (Å²) in [5.41, 5.74) is 9.22. The van der Waals surface area contributed by atoms with Crippen LogP contribution in [0.1, 0.15) is 53.9 Å². The SMILES string of the molecule is C[P+]1(N2CCCCC2)CCc2ccc3ccccc3c2C2=C(N1)C1CC1c1ccccc12. The van der Waals surface area contributed by atoms with E-state index in [1.807, 2.05) is 0 Å². The van der Waals surface area contributed by atoms with Crippen molar-refractivity contribution in [1.29, 1.82) is 0 Å². The topological polar surface area (TPSA) is 15.3 Å². The summed E-state index contributed by atoms with van der Waals surface area (Å²) in [6, 6.07) is 23.1. The van der Waals surface area contributed by atoms with E-state index >= 15 is 0 Å². The molecule has 3 aromatic carbocycles. The molecule has 1 saturated carbocycles. The van der Waals surface area contributed by atoms with Crippen molar-refractivity contribution in [2.24, 2.45) is 5.92 Å². The number of hydrogen-bond acceptors (Lipinski definition) is 2. The highest BCUT2D eigenvalue weighted by molar-refractivity contribution is 7.71. The first kappa shape index (κ1) is 19.3. The average Bonchev–Trinajstić information content (AvgIpc) is 3.64. The Kier molecular flexibility index (Phi) is 4.33. The van der Waals surface area contributed by atoms with E-state index in [-0.39, 0.29) is 0 Å². The van der Waals surface area contributed by atoms with E-state index in [4.69, 9.17) is 0 Å². The predicted molar refractivity (Wildman–Crippen MR) is 137 cm³/mol. The van der Waals surface area contributed by atoms with E-state index < -0.39 is 7.56 Å². The van der Waals surface area contributed by atoms with Crippen molar-refractivity contribution in [3.8, 4) is 0 Å². The first-order chi connectivity index (χ1) is 15.7. The van der Waals surface area contributed by atoms with Crippen molar-refractivity contribution in [3.63, 3.8) is 0 Å². The van der Waals surface area contributed by atoms with Crippen LogP contribution in [0.4, 0.5) is 0 Å². The lowest BCUT2D eigenvalue weighted by atomic mass is 9.81. The third-order valence-corrected chi connectivity index (χ3v) is 11.9. The maximum absolute atomic E-state index is 4.36. The molecule has 0 spiro atoms. The summed E-state index contributed by atoms with van der Waals surface area (Å²) in [5.74, 6) is 1.39. The lowest BCUT2D eigenvalue weighted by Crippen LogP contribution is -2.39. The maximum atomic E-state index is 4.36. The van der Waals surface area contributed by atoms with Gasteiger partial charge >= 0.3 is 0 Å². The van der Waals surface area contributed by atoms with Crippen LogP contribution in [0.25, 0.3) is 16.3 Å². The van der Waals surface area contributed by atoms with Crippen molar-refractivity contribution in [3.05, 3.63) is 88.6 Å². The molecular formula is C29H32N2P+. The quantitative estimate of drug-likeness (QED) is 0.418. The van der Waals surface area contributed by atoms with Crippen LogP contribution < -0.4 is 5.09 Å². The number of piperidine rings is 1. The second-order valence-corrected chi connectivity index (χ2v) is 13.9. The summed E-state index contributed by atoms with van der Waals surface area (Å²) in [4.78, 5) is 0. The molecule has 3 heteroatoms. The standard InChI is InChI=1S/C29H32N2P/c1-32(31-16-7-2-8-17-31)18-15-21-14-13-20-9-3-4-10-22(20)27(21)28-24-12-6-5-11-23(24)25-19-26(25)29(28)30-32/h3-6,9-14,25-26,30H,2,7-8,15-19H2,1H3/q+1. The summed E-state index contributed by atoms with van der Waals surface area (Å²) in [6.07, 6.45) is 7.87. The van der Waals surface area contributed by atoms with Crippen molar-refractivity contribution >= 4 is 23.9 Å². The van der Waals surface area contributed by atoms with Crippen LogP contribution in [0.15, 0.2) is 66.4 Å². The van der Waals surface area contributed by atoms with Crippen LogP contribution in [0.3, 0.4) is 0 Å². The molecule has 2 heterocycles. The third-order valence-electron chi connectivity index (χ3n) is 8.46. The van der Waals surface area contributed by atoms with Gasteiger partial charge in [-0.25, -0.2) is 5.09 Å². The highest BCUT2D eigenvalue weighted by Gasteiger charge is 2.52. The van der Waals surface area contributed by atoms with Crippen molar-refractivity contribution in [2.45, 2.75) is 38.0 Å². The number of benzene rings is 3. The molecule has 2 fully saturated rings. The minimum atomic E-state index is -1.41. The summed E-state index contributed by atoms with van der Waals surface area (Å²) in [7, 11) is -1.41. The molecule has 3 aromatic rings. The van der Waals surface area contributed by atoms with Gasteiger partial charge in [-0.2, -0.15) is 4.67 Å². The van der Waals surface area contributed by atoms with Gasteiger partial charge in [-0.3, -0.25) is 0 Å². The molecule has 3 atom stereocenters. The summed E-state index contributed by atoms with van der Waals surface area (Å²) in [5, 5.41) is 7.15. The fourth-order valence-electron chi connectivity index (χ4n) is 6.65. The number of hydrogen-bond donors (Lipinski definition) is 1. The van der Waals surface area contributed by atoms with Gasteiger partial charge in [-0.15, -0.1) is 0 Å². The Balaban J connectivity index is 1.50. The zero-order valence-corrected chi connectivity index (χ0v) is 19.9. The Labute approximate surface area is 192 Å². The molecule has 2 aliphatic carbocycles. The minimum Gasteiger partial charge on any atom is -0.248 e. The molecule has 0 aromatic heterocycles. The molecular weight excluding hydrogens is 407 g/mol. The number of allylic oxidation sites excluding steroid dienone is 1.